The molecule has 0 saturated carbocycles. The first kappa shape index (κ1) is 18.5. The van der Waals surface area contributed by atoms with Gasteiger partial charge in [-0.15, -0.1) is 0 Å². The van der Waals surface area contributed by atoms with Gasteiger partial charge in [-0.05, 0) is 29.7 Å². The van der Waals surface area contributed by atoms with Crippen LogP contribution in [0.3, 0.4) is 0 Å². The first-order chi connectivity index (χ1) is 13.6. The smallest absolute Gasteiger partial charge is 0.255 e. The third kappa shape index (κ3) is 3.37. The Bertz CT molecular complexity index is 857. The number of benzene rings is 2. The van der Waals surface area contributed by atoms with Crippen molar-refractivity contribution in [3.8, 4) is 0 Å². The molecule has 0 aliphatic carbocycles. The molecule has 1 atom stereocenters. The average Bonchev–Trinajstić information content (AvgIpc) is 3.05. The van der Waals surface area contributed by atoms with Gasteiger partial charge >= 0.3 is 0 Å². The molecule has 28 heavy (non-hydrogen) atoms. The quantitative estimate of drug-likeness (QED) is 0.823. The number of fused-ring (bicyclic) bond motifs is 1. The van der Waals surface area contributed by atoms with Crippen molar-refractivity contribution in [3.05, 3.63) is 65.7 Å². The largest absolute Gasteiger partial charge is 0.368 e. The lowest BCUT2D eigenvalue weighted by Crippen LogP contribution is -2.56. The Kier molecular flexibility index (Phi) is 5.07. The highest BCUT2D eigenvalue weighted by Gasteiger charge is 2.40. The van der Waals surface area contributed by atoms with E-state index in [-0.39, 0.29) is 17.7 Å². The van der Waals surface area contributed by atoms with Gasteiger partial charge in [0.15, 0.2) is 0 Å². The molecule has 4 rings (SSSR count). The molecule has 1 unspecified atom stereocenters. The SMILES string of the molecule is CC(C)C(C(=O)N1CCN(c2ccccc2)CC1)N1Cc2ccccc2C1=O. The minimum Gasteiger partial charge on any atom is -0.368 e. The van der Waals surface area contributed by atoms with Crippen LogP contribution in [0.4, 0.5) is 5.69 Å². The van der Waals surface area contributed by atoms with Crippen molar-refractivity contribution in [2.24, 2.45) is 5.92 Å². The number of carbonyl (C=O) groups is 2. The minimum absolute atomic E-state index is 0.0226. The van der Waals surface area contributed by atoms with Gasteiger partial charge in [0.1, 0.15) is 6.04 Å². The number of nitrogens with zero attached hydrogens (tertiary/aromatic N) is 3. The molecule has 2 aromatic rings. The standard InChI is InChI=1S/C23H27N3O2/c1-17(2)21(26-16-18-8-6-7-11-20(18)22(26)27)23(28)25-14-12-24(13-15-25)19-9-4-3-5-10-19/h3-11,17,21H,12-16H2,1-2H3. The summed E-state index contributed by atoms with van der Waals surface area (Å²) in [6.07, 6.45) is 0. The first-order valence-electron chi connectivity index (χ1n) is 10.0. The highest BCUT2D eigenvalue weighted by atomic mass is 16.2. The summed E-state index contributed by atoms with van der Waals surface area (Å²) in [5.41, 5.74) is 2.94. The topological polar surface area (TPSA) is 43.9 Å². The Hall–Kier alpha value is -2.82. The maximum Gasteiger partial charge on any atom is 0.255 e. The summed E-state index contributed by atoms with van der Waals surface area (Å²) in [7, 11) is 0. The third-order valence-corrected chi connectivity index (χ3v) is 5.78. The number of carbonyl (C=O) groups excluding carboxylic acids is 2. The van der Waals surface area contributed by atoms with Crippen LogP contribution in [0.15, 0.2) is 54.6 Å². The zero-order valence-corrected chi connectivity index (χ0v) is 16.5. The van der Waals surface area contributed by atoms with Gasteiger partial charge in [-0.25, -0.2) is 0 Å². The predicted molar refractivity (Wildman–Crippen MR) is 110 cm³/mol. The van der Waals surface area contributed by atoms with Crippen LogP contribution in [-0.2, 0) is 11.3 Å². The number of rotatable bonds is 4. The van der Waals surface area contributed by atoms with Crippen molar-refractivity contribution >= 4 is 17.5 Å². The number of hydrogen-bond donors (Lipinski definition) is 0. The van der Waals surface area contributed by atoms with Crippen LogP contribution in [0, 0.1) is 5.92 Å². The molecular formula is C23H27N3O2. The first-order valence-corrected chi connectivity index (χ1v) is 10.0. The van der Waals surface area contributed by atoms with Gasteiger partial charge in [0.25, 0.3) is 5.91 Å². The molecule has 0 N–H and O–H groups in total. The van der Waals surface area contributed by atoms with Crippen molar-refractivity contribution in [1.82, 2.24) is 9.80 Å². The summed E-state index contributed by atoms with van der Waals surface area (Å²) in [4.78, 5) is 32.3. The Morgan fingerprint density at radius 1 is 0.893 bits per heavy atom. The molecule has 2 amide bonds. The molecule has 2 aliphatic rings. The summed E-state index contributed by atoms with van der Waals surface area (Å²) < 4.78 is 0. The van der Waals surface area contributed by atoms with Crippen molar-refractivity contribution < 1.29 is 9.59 Å². The lowest BCUT2D eigenvalue weighted by molar-refractivity contribution is -0.138. The molecule has 0 spiro atoms. The lowest BCUT2D eigenvalue weighted by Gasteiger charge is -2.40. The van der Waals surface area contributed by atoms with Crippen molar-refractivity contribution in [3.63, 3.8) is 0 Å². The monoisotopic (exact) mass is 377 g/mol. The zero-order valence-electron chi connectivity index (χ0n) is 16.5. The molecular weight excluding hydrogens is 350 g/mol. The Balaban J connectivity index is 1.46. The van der Waals surface area contributed by atoms with E-state index in [0.29, 0.717) is 19.6 Å². The van der Waals surface area contributed by atoms with Crippen LogP contribution in [0.1, 0.15) is 29.8 Å². The molecule has 5 nitrogen and oxygen atoms in total. The number of hydrogen-bond acceptors (Lipinski definition) is 3. The van der Waals surface area contributed by atoms with Gasteiger partial charge in [0.2, 0.25) is 5.91 Å². The van der Waals surface area contributed by atoms with Crippen LogP contribution < -0.4 is 4.90 Å². The normalized spacial score (nSPS) is 17.8. The van der Waals surface area contributed by atoms with Crippen LogP contribution in [0.25, 0.3) is 0 Å². The van der Waals surface area contributed by atoms with Crippen molar-refractivity contribution in [2.75, 3.05) is 31.1 Å². The molecule has 1 saturated heterocycles. The number of anilines is 1. The van der Waals surface area contributed by atoms with E-state index < -0.39 is 6.04 Å². The fourth-order valence-corrected chi connectivity index (χ4v) is 4.29. The van der Waals surface area contributed by atoms with E-state index in [1.807, 2.05) is 61.2 Å². The molecule has 0 radical (unpaired) electrons. The Morgan fingerprint density at radius 2 is 1.54 bits per heavy atom. The predicted octanol–water partition coefficient (Wildman–Crippen LogP) is 3.02. The number of amides is 2. The van der Waals surface area contributed by atoms with Crippen molar-refractivity contribution in [1.29, 1.82) is 0 Å². The van der Waals surface area contributed by atoms with E-state index in [4.69, 9.17) is 0 Å². The second-order valence-corrected chi connectivity index (χ2v) is 7.93. The molecule has 0 aromatic heterocycles. The third-order valence-electron chi connectivity index (χ3n) is 5.78. The lowest BCUT2D eigenvalue weighted by atomic mass is 10.0. The molecule has 2 heterocycles. The summed E-state index contributed by atoms with van der Waals surface area (Å²) in [5, 5.41) is 0. The average molecular weight is 377 g/mol. The van der Waals surface area contributed by atoms with Crippen LogP contribution in [0.5, 0.6) is 0 Å². The van der Waals surface area contributed by atoms with E-state index in [9.17, 15) is 9.59 Å². The molecule has 0 bridgehead atoms. The zero-order chi connectivity index (χ0) is 19.7. The summed E-state index contributed by atoms with van der Waals surface area (Å²) in [6.45, 7) is 7.58. The summed E-state index contributed by atoms with van der Waals surface area (Å²) in [5.74, 6) is 0.118. The van der Waals surface area contributed by atoms with E-state index in [0.717, 1.165) is 24.2 Å². The molecule has 146 valence electrons. The van der Waals surface area contributed by atoms with Crippen LogP contribution in [0.2, 0.25) is 0 Å². The highest BCUT2D eigenvalue weighted by Crippen LogP contribution is 2.28. The summed E-state index contributed by atoms with van der Waals surface area (Å²) in [6, 6.07) is 17.6. The Labute approximate surface area is 166 Å². The number of piperazine rings is 1. The van der Waals surface area contributed by atoms with Crippen LogP contribution >= 0.6 is 0 Å². The fraction of sp³-hybridized carbons (Fsp3) is 0.391. The molecule has 5 heteroatoms. The number of para-hydroxylation sites is 1. The highest BCUT2D eigenvalue weighted by molar-refractivity contribution is 6.01. The molecule has 2 aromatic carbocycles. The van der Waals surface area contributed by atoms with Gasteiger partial charge in [0.05, 0.1) is 0 Å². The van der Waals surface area contributed by atoms with E-state index >= 15 is 0 Å². The fourth-order valence-electron chi connectivity index (χ4n) is 4.29. The maximum absolute atomic E-state index is 13.4. The minimum atomic E-state index is -0.414. The second kappa shape index (κ2) is 7.66. The van der Waals surface area contributed by atoms with Crippen LogP contribution in [-0.4, -0.2) is 53.8 Å². The van der Waals surface area contributed by atoms with Gasteiger partial charge in [0, 0.05) is 44.0 Å². The molecule has 2 aliphatic heterocycles. The van der Waals surface area contributed by atoms with E-state index in [1.54, 1.807) is 4.90 Å². The maximum atomic E-state index is 13.4. The van der Waals surface area contributed by atoms with Gasteiger partial charge in [-0.3, -0.25) is 9.59 Å². The molecule has 1 fully saturated rings. The van der Waals surface area contributed by atoms with E-state index in [1.165, 1.54) is 5.69 Å². The Morgan fingerprint density at radius 3 is 2.18 bits per heavy atom. The second-order valence-electron chi connectivity index (χ2n) is 7.93. The summed E-state index contributed by atoms with van der Waals surface area (Å²) >= 11 is 0. The van der Waals surface area contributed by atoms with E-state index in [2.05, 4.69) is 17.0 Å². The van der Waals surface area contributed by atoms with Gasteiger partial charge in [-0.2, -0.15) is 0 Å². The van der Waals surface area contributed by atoms with Gasteiger partial charge < -0.3 is 14.7 Å². The van der Waals surface area contributed by atoms with Gasteiger partial charge in [-0.1, -0.05) is 50.2 Å². The van der Waals surface area contributed by atoms with Crippen molar-refractivity contribution in [2.45, 2.75) is 26.4 Å².